The van der Waals surface area contributed by atoms with Gasteiger partial charge in [-0.1, -0.05) is 0 Å². The Kier molecular flexibility index (Phi) is 4.31. The quantitative estimate of drug-likeness (QED) is 0.618. The van der Waals surface area contributed by atoms with Crippen molar-refractivity contribution in [3.63, 3.8) is 0 Å². The van der Waals surface area contributed by atoms with Gasteiger partial charge in [-0.25, -0.2) is 4.39 Å². The molecule has 0 radical (unpaired) electrons. The van der Waals surface area contributed by atoms with E-state index in [2.05, 4.69) is 21.2 Å². The molecule has 1 rings (SSSR count). The highest BCUT2D eigenvalue weighted by molar-refractivity contribution is 9.10. The van der Waals surface area contributed by atoms with Gasteiger partial charge in [-0.2, -0.15) is 0 Å². The van der Waals surface area contributed by atoms with Crippen molar-refractivity contribution in [3.8, 4) is 0 Å². The summed E-state index contributed by atoms with van der Waals surface area (Å²) < 4.78 is 13.3. The summed E-state index contributed by atoms with van der Waals surface area (Å²) in [5, 5.41) is 20.5. The van der Waals surface area contributed by atoms with Crippen molar-refractivity contribution in [2.24, 2.45) is 0 Å². The number of rotatable bonds is 4. The van der Waals surface area contributed by atoms with Crippen LogP contribution in [0.15, 0.2) is 16.6 Å². The van der Waals surface area contributed by atoms with E-state index in [0.29, 0.717) is 5.69 Å². The molecule has 1 aromatic rings. The summed E-state index contributed by atoms with van der Waals surface area (Å²) in [6.07, 6.45) is 0. The molecule has 5 N–H and O–H groups in total. The smallest absolute Gasteiger partial charge is 0.139 e. The number of aliphatic hydroxyl groups is 2. The first-order valence-electron chi connectivity index (χ1n) is 4.31. The van der Waals surface area contributed by atoms with Crippen LogP contribution in [0.1, 0.15) is 0 Å². The second-order valence-electron chi connectivity index (χ2n) is 3.06. The van der Waals surface area contributed by atoms with E-state index in [-0.39, 0.29) is 23.4 Å². The highest BCUT2D eigenvalue weighted by atomic mass is 79.9. The van der Waals surface area contributed by atoms with Gasteiger partial charge in [0.25, 0.3) is 0 Å². The Morgan fingerprint density at radius 2 is 2.00 bits per heavy atom. The Morgan fingerprint density at radius 3 is 2.53 bits per heavy atom. The minimum Gasteiger partial charge on any atom is -0.397 e. The molecule has 0 bridgehead atoms. The van der Waals surface area contributed by atoms with Gasteiger partial charge in [0.05, 0.1) is 35.1 Å². The monoisotopic (exact) mass is 278 g/mol. The lowest BCUT2D eigenvalue weighted by molar-refractivity contribution is 0.204. The van der Waals surface area contributed by atoms with Gasteiger partial charge in [-0.15, -0.1) is 0 Å². The molecular weight excluding hydrogens is 267 g/mol. The molecule has 0 aliphatic rings. The SMILES string of the molecule is Nc1cc(F)c(Br)cc1NC(CO)CO. The number of hydrogen-bond acceptors (Lipinski definition) is 4. The molecule has 0 saturated carbocycles. The third-order valence-corrected chi connectivity index (χ3v) is 2.50. The lowest BCUT2D eigenvalue weighted by atomic mass is 10.2. The van der Waals surface area contributed by atoms with Crippen molar-refractivity contribution < 1.29 is 14.6 Å². The molecule has 6 heteroatoms. The van der Waals surface area contributed by atoms with Gasteiger partial charge >= 0.3 is 0 Å². The fourth-order valence-electron chi connectivity index (χ4n) is 1.06. The van der Waals surface area contributed by atoms with Crippen LogP contribution >= 0.6 is 15.9 Å². The molecule has 4 nitrogen and oxygen atoms in total. The summed E-state index contributed by atoms with van der Waals surface area (Å²) in [7, 11) is 0. The van der Waals surface area contributed by atoms with E-state index in [1.54, 1.807) is 0 Å². The van der Waals surface area contributed by atoms with Gasteiger partial charge in [-0.05, 0) is 22.0 Å². The number of aliphatic hydroxyl groups excluding tert-OH is 2. The topological polar surface area (TPSA) is 78.5 Å². The van der Waals surface area contributed by atoms with Crippen molar-refractivity contribution in [2.45, 2.75) is 6.04 Å². The molecule has 84 valence electrons. The van der Waals surface area contributed by atoms with E-state index < -0.39 is 11.9 Å². The van der Waals surface area contributed by atoms with Crippen LogP contribution in [0.2, 0.25) is 0 Å². The van der Waals surface area contributed by atoms with E-state index in [9.17, 15) is 4.39 Å². The van der Waals surface area contributed by atoms with Gasteiger partial charge in [0.2, 0.25) is 0 Å². The maximum atomic E-state index is 13.0. The second-order valence-corrected chi connectivity index (χ2v) is 3.91. The summed E-state index contributed by atoms with van der Waals surface area (Å²) in [4.78, 5) is 0. The Labute approximate surface area is 95.0 Å². The van der Waals surface area contributed by atoms with Crippen LogP contribution in [0.25, 0.3) is 0 Å². The predicted molar refractivity (Wildman–Crippen MR) is 60.1 cm³/mol. The minimum atomic E-state index is -0.510. The van der Waals surface area contributed by atoms with Gasteiger partial charge in [0.1, 0.15) is 5.82 Å². The van der Waals surface area contributed by atoms with Crippen molar-refractivity contribution in [3.05, 3.63) is 22.4 Å². The van der Waals surface area contributed by atoms with Crippen LogP contribution in [0.4, 0.5) is 15.8 Å². The number of benzene rings is 1. The summed E-state index contributed by atoms with van der Waals surface area (Å²) >= 11 is 3.02. The maximum Gasteiger partial charge on any atom is 0.139 e. The van der Waals surface area contributed by atoms with E-state index in [1.165, 1.54) is 6.07 Å². The highest BCUT2D eigenvalue weighted by Gasteiger charge is 2.10. The van der Waals surface area contributed by atoms with Crippen molar-refractivity contribution in [1.29, 1.82) is 0 Å². The fraction of sp³-hybridized carbons (Fsp3) is 0.333. The predicted octanol–water partition coefficient (Wildman–Crippen LogP) is 0.935. The van der Waals surface area contributed by atoms with Crippen molar-refractivity contribution in [2.75, 3.05) is 24.3 Å². The van der Waals surface area contributed by atoms with Crippen LogP contribution in [0.3, 0.4) is 0 Å². The number of anilines is 2. The van der Waals surface area contributed by atoms with Gasteiger partial charge < -0.3 is 21.3 Å². The minimum absolute atomic E-state index is 0.225. The van der Waals surface area contributed by atoms with Crippen LogP contribution in [0, 0.1) is 5.82 Å². The molecule has 0 aliphatic heterocycles. The molecule has 1 aromatic carbocycles. The zero-order valence-corrected chi connectivity index (χ0v) is 9.46. The first-order chi connectivity index (χ1) is 7.08. The summed E-state index contributed by atoms with van der Waals surface area (Å²) in [6.45, 7) is -0.462. The number of nitrogen functional groups attached to an aromatic ring is 1. The van der Waals surface area contributed by atoms with Crippen molar-refractivity contribution >= 4 is 27.3 Å². The van der Waals surface area contributed by atoms with Crippen molar-refractivity contribution in [1.82, 2.24) is 0 Å². The first-order valence-corrected chi connectivity index (χ1v) is 5.10. The Morgan fingerprint density at radius 1 is 1.40 bits per heavy atom. The lowest BCUT2D eigenvalue weighted by Crippen LogP contribution is -2.28. The molecule has 0 saturated heterocycles. The first kappa shape index (κ1) is 12.2. The number of nitrogens with one attached hydrogen (secondary N) is 1. The Bertz CT molecular complexity index is 345. The number of halogens is 2. The summed E-state index contributed by atoms with van der Waals surface area (Å²) in [6, 6.07) is 2.12. The van der Waals surface area contributed by atoms with Crippen LogP contribution in [-0.4, -0.2) is 29.5 Å². The fourth-order valence-corrected chi connectivity index (χ4v) is 1.40. The molecule has 0 aliphatic carbocycles. The lowest BCUT2D eigenvalue weighted by Gasteiger charge is -2.16. The van der Waals surface area contributed by atoms with E-state index in [1.807, 2.05) is 0 Å². The highest BCUT2D eigenvalue weighted by Crippen LogP contribution is 2.26. The Hall–Kier alpha value is -0.850. The average molecular weight is 279 g/mol. The molecule has 0 unspecified atom stereocenters. The summed E-state index contributed by atoms with van der Waals surface area (Å²) in [5.74, 6) is -0.456. The number of nitrogens with two attached hydrogens (primary N) is 1. The van der Waals surface area contributed by atoms with Gasteiger partial charge in [-0.3, -0.25) is 0 Å². The molecule has 0 amide bonds. The second kappa shape index (κ2) is 5.29. The maximum absolute atomic E-state index is 13.0. The molecule has 0 aromatic heterocycles. The Balaban J connectivity index is 2.89. The zero-order chi connectivity index (χ0) is 11.4. The van der Waals surface area contributed by atoms with Crippen LogP contribution in [0.5, 0.6) is 0 Å². The molecule has 0 spiro atoms. The molecule has 0 heterocycles. The average Bonchev–Trinajstić information content (AvgIpc) is 2.21. The van der Waals surface area contributed by atoms with Gasteiger partial charge in [0, 0.05) is 6.07 Å². The van der Waals surface area contributed by atoms with E-state index in [0.717, 1.165) is 6.07 Å². The van der Waals surface area contributed by atoms with E-state index >= 15 is 0 Å². The molecular formula is C9H12BrFN2O2. The molecule has 0 atom stereocenters. The molecule has 15 heavy (non-hydrogen) atoms. The third kappa shape index (κ3) is 3.05. The zero-order valence-electron chi connectivity index (χ0n) is 7.87. The normalized spacial score (nSPS) is 10.7. The largest absolute Gasteiger partial charge is 0.397 e. The van der Waals surface area contributed by atoms with Crippen LogP contribution in [-0.2, 0) is 0 Å². The third-order valence-electron chi connectivity index (χ3n) is 1.89. The van der Waals surface area contributed by atoms with E-state index in [4.69, 9.17) is 15.9 Å². The molecule has 0 fully saturated rings. The standard InChI is InChI=1S/C9H12BrFN2O2/c10-6-1-9(8(12)2-7(6)11)13-5(3-14)4-15/h1-2,5,13-15H,3-4,12H2. The summed E-state index contributed by atoms with van der Waals surface area (Å²) in [5.41, 5.74) is 6.25. The van der Waals surface area contributed by atoms with Gasteiger partial charge in [0.15, 0.2) is 0 Å². The number of hydrogen-bond donors (Lipinski definition) is 4. The van der Waals surface area contributed by atoms with Crippen LogP contribution < -0.4 is 11.1 Å².